The van der Waals surface area contributed by atoms with Crippen LogP contribution in [0.5, 0.6) is 0 Å². The minimum atomic E-state index is 0.777. The summed E-state index contributed by atoms with van der Waals surface area (Å²) in [6, 6.07) is 1.75. The topological polar surface area (TPSA) is 15.3 Å². The average Bonchev–Trinajstić information content (AvgIpc) is 3.13. The Bertz CT molecular complexity index is 219. The summed E-state index contributed by atoms with van der Waals surface area (Å²) in [7, 11) is 0. The fraction of sp³-hybridized carbons (Fsp3) is 1.00. The van der Waals surface area contributed by atoms with Crippen LogP contribution in [-0.4, -0.2) is 36.6 Å². The number of rotatable bonds is 5. The van der Waals surface area contributed by atoms with Gasteiger partial charge in [0.2, 0.25) is 0 Å². The molecule has 3 rings (SSSR count). The van der Waals surface area contributed by atoms with E-state index in [1.54, 1.807) is 0 Å². The van der Waals surface area contributed by atoms with Crippen LogP contribution in [0, 0.1) is 11.8 Å². The van der Waals surface area contributed by atoms with Gasteiger partial charge in [0.25, 0.3) is 0 Å². The van der Waals surface area contributed by atoms with E-state index < -0.39 is 0 Å². The molecule has 0 aromatic heterocycles. The Morgan fingerprint density at radius 2 is 1.81 bits per heavy atom. The lowest BCUT2D eigenvalue weighted by Gasteiger charge is -2.39. The van der Waals surface area contributed by atoms with Crippen molar-refractivity contribution >= 4 is 0 Å². The van der Waals surface area contributed by atoms with Gasteiger partial charge in [0.15, 0.2) is 0 Å². The van der Waals surface area contributed by atoms with Crippen LogP contribution in [0.1, 0.15) is 45.4 Å². The zero-order chi connectivity index (χ0) is 11.0. The first kappa shape index (κ1) is 11.0. The van der Waals surface area contributed by atoms with Crippen LogP contribution in [0.25, 0.3) is 0 Å². The summed E-state index contributed by atoms with van der Waals surface area (Å²) in [6.07, 6.45) is 8.88. The van der Waals surface area contributed by atoms with E-state index in [4.69, 9.17) is 0 Å². The van der Waals surface area contributed by atoms with E-state index in [0.717, 1.165) is 30.5 Å². The van der Waals surface area contributed by atoms with Gasteiger partial charge in [0, 0.05) is 18.6 Å². The molecule has 0 aromatic rings. The van der Waals surface area contributed by atoms with Crippen molar-refractivity contribution in [1.29, 1.82) is 0 Å². The molecule has 0 spiro atoms. The van der Waals surface area contributed by atoms with Crippen molar-refractivity contribution < 1.29 is 0 Å². The van der Waals surface area contributed by atoms with E-state index in [0.29, 0.717) is 0 Å². The normalized spacial score (nSPS) is 32.2. The molecule has 3 fully saturated rings. The molecule has 2 nitrogen and oxygen atoms in total. The maximum atomic E-state index is 3.65. The quantitative estimate of drug-likeness (QED) is 0.767. The first-order chi connectivity index (χ1) is 7.88. The predicted octanol–water partition coefficient (Wildman–Crippen LogP) is 2.25. The Balaban J connectivity index is 1.58. The Kier molecular flexibility index (Phi) is 3.21. The molecule has 1 saturated heterocycles. The SMILES string of the molecule is CCNC1CCCN(C(C2CC2)C2CC2)C1. The summed E-state index contributed by atoms with van der Waals surface area (Å²) in [6.45, 7) is 6.07. The third-order valence-corrected chi connectivity index (χ3v) is 4.58. The first-order valence-corrected chi connectivity index (χ1v) is 7.36. The highest BCUT2D eigenvalue weighted by Crippen LogP contribution is 2.47. The van der Waals surface area contributed by atoms with Crippen LogP contribution in [-0.2, 0) is 0 Å². The molecule has 1 aliphatic heterocycles. The summed E-state index contributed by atoms with van der Waals surface area (Å²) >= 11 is 0. The van der Waals surface area contributed by atoms with Crippen LogP contribution >= 0.6 is 0 Å². The number of nitrogens with zero attached hydrogens (tertiary/aromatic N) is 1. The number of likely N-dealkylation sites (tertiary alicyclic amines) is 1. The van der Waals surface area contributed by atoms with Gasteiger partial charge in [-0.05, 0) is 63.5 Å². The average molecular weight is 222 g/mol. The third-order valence-electron chi connectivity index (χ3n) is 4.58. The highest BCUT2D eigenvalue weighted by Gasteiger charge is 2.45. The summed E-state index contributed by atoms with van der Waals surface area (Å²) in [4.78, 5) is 2.84. The largest absolute Gasteiger partial charge is 0.313 e. The van der Waals surface area contributed by atoms with Crippen LogP contribution in [0.15, 0.2) is 0 Å². The van der Waals surface area contributed by atoms with Crippen molar-refractivity contribution in [2.24, 2.45) is 11.8 Å². The molecule has 3 aliphatic rings. The molecular formula is C14H26N2. The zero-order valence-electron chi connectivity index (χ0n) is 10.6. The summed E-state index contributed by atoms with van der Waals surface area (Å²) in [5.41, 5.74) is 0. The molecule has 92 valence electrons. The van der Waals surface area contributed by atoms with Crippen molar-refractivity contribution in [3.63, 3.8) is 0 Å². The maximum Gasteiger partial charge on any atom is 0.0195 e. The lowest BCUT2D eigenvalue weighted by atomic mass is 9.98. The first-order valence-electron chi connectivity index (χ1n) is 7.36. The van der Waals surface area contributed by atoms with E-state index in [-0.39, 0.29) is 0 Å². The molecule has 0 bridgehead atoms. The number of hydrogen-bond donors (Lipinski definition) is 1. The molecule has 0 radical (unpaired) electrons. The van der Waals surface area contributed by atoms with Gasteiger partial charge in [0.05, 0.1) is 0 Å². The van der Waals surface area contributed by atoms with E-state index in [2.05, 4.69) is 17.1 Å². The van der Waals surface area contributed by atoms with Gasteiger partial charge in [-0.15, -0.1) is 0 Å². The lowest BCUT2D eigenvalue weighted by Crippen LogP contribution is -2.50. The van der Waals surface area contributed by atoms with E-state index >= 15 is 0 Å². The van der Waals surface area contributed by atoms with Crippen LogP contribution in [0.4, 0.5) is 0 Å². The van der Waals surface area contributed by atoms with Crippen LogP contribution in [0.3, 0.4) is 0 Å². The standard InChI is InChI=1S/C14H26N2/c1-2-15-13-4-3-9-16(10-13)14(11-5-6-11)12-7-8-12/h11-15H,2-10H2,1H3. The van der Waals surface area contributed by atoms with Crippen molar-refractivity contribution in [3.05, 3.63) is 0 Å². The number of nitrogens with one attached hydrogen (secondary N) is 1. The molecule has 16 heavy (non-hydrogen) atoms. The number of hydrogen-bond acceptors (Lipinski definition) is 2. The Hall–Kier alpha value is -0.0800. The van der Waals surface area contributed by atoms with Crippen molar-refractivity contribution in [3.8, 4) is 0 Å². The second-order valence-electron chi connectivity index (χ2n) is 6.06. The molecule has 1 atom stereocenters. The molecule has 1 N–H and O–H groups in total. The molecular weight excluding hydrogens is 196 g/mol. The van der Waals surface area contributed by atoms with Gasteiger partial charge in [-0.3, -0.25) is 4.90 Å². The Labute approximate surface area is 99.8 Å². The Morgan fingerprint density at radius 1 is 1.12 bits per heavy atom. The summed E-state index contributed by atoms with van der Waals surface area (Å²) in [5.74, 6) is 2.15. The van der Waals surface area contributed by atoms with E-state index in [1.165, 1.54) is 51.6 Å². The number of piperidine rings is 1. The molecule has 0 amide bonds. The van der Waals surface area contributed by atoms with Crippen molar-refractivity contribution in [2.45, 2.75) is 57.5 Å². The highest BCUT2D eigenvalue weighted by atomic mass is 15.2. The molecule has 1 heterocycles. The van der Waals surface area contributed by atoms with E-state index in [9.17, 15) is 0 Å². The molecule has 2 aliphatic carbocycles. The number of likely N-dealkylation sites (N-methyl/N-ethyl adjacent to an activating group) is 1. The summed E-state index contributed by atoms with van der Waals surface area (Å²) < 4.78 is 0. The van der Waals surface area contributed by atoms with Gasteiger partial charge in [-0.25, -0.2) is 0 Å². The fourth-order valence-electron chi connectivity index (χ4n) is 3.59. The van der Waals surface area contributed by atoms with Crippen molar-refractivity contribution in [1.82, 2.24) is 10.2 Å². The highest BCUT2D eigenvalue weighted by molar-refractivity contribution is 4.99. The zero-order valence-corrected chi connectivity index (χ0v) is 10.6. The maximum absolute atomic E-state index is 3.65. The van der Waals surface area contributed by atoms with Crippen molar-refractivity contribution in [2.75, 3.05) is 19.6 Å². The fourth-order valence-corrected chi connectivity index (χ4v) is 3.59. The lowest BCUT2D eigenvalue weighted by molar-refractivity contribution is 0.109. The van der Waals surface area contributed by atoms with E-state index in [1.807, 2.05) is 0 Å². The van der Waals surface area contributed by atoms with Gasteiger partial charge < -0.3 is 5.32 Å². The molecule has 1 unspecified atom stereocenters. The van der Waals surface area contributed by atoms with Gasteiger partial charge in [-0.2, -0.15) is 0 Å². The van der Waals surface area contributed by atoms with Gasteiger partial charge in [0.1, 0.15) is 0 Å². The second kappa shape index (κ2) is 4.66. The smallest absolute Gasteiger partial charge is 0.0195 e. The molecule has 2 heteroatoms. The summed E-state index contributed by atoms with van der Waals surface area (Å²) in [5, 5.41) is 3.65. The van der Waals surface area contributed by atoms with Gasteiger partial charge in [-0.1, -0.05) is 6.92 Å². The van der Waals surface area contributed by atoms with Crippen LogP contribution < -0.4 is 5.32 Å². The Morgan fingerprint density at radius 3 is 2.38 bits per heavy atom. The monoisotopic (exact) mass is 222 g/mol. The third kappa shape index (κ3) is 2.43. The molecule has 0 aromatic carbocycles. The molecule has 2 saturated carbocycles. The minimum absolute atomic E-state index is 0.777. The minimum Gasteiger partial charge on any atom is -0.313 e. The van der Waals surface area contributed by atoms with Gasteiger partial charge >= 0.3 is 0 Å². The second-order valence-corrected chi connectivity index (χ2v) is 6.06. The predicted molar refractivity (Wildman–Crippen MR) is 67.5 cm³/mol. The van der Waals surface area contributed by atoms with Crippen LogP contribution in [0.2, 0.25) is 0 Å².